The number of hydrogen-bond donors (Lipinski definition) is 0. The average molecular weight is 478 g/mol. The molecule has 4 heteroatoms. The Morgan fingerprint density at radius 2 is 1.08 bits per heavy atom. The Morgan fingerprint density at radius 3 is 1.29 bits per heavy atom. The van der Waals surface area contributed by atoms with Crippen LogP contribution < -0.4 is 0 Å². The molecule has 0 aromatic rings. The van der Waals surface area contributed by atoms with E-state index < -0.39 is 13.5 Å². The SMILES string of the molecule is C1CCC(P(C2CCCC2)C2CCCC2)C1.CC(C)=C[CH]=[Ru]([Cl])[Cl]. The van der Waals surface area contributed by atoms with E-state index in [4.69, 9.17) is 19.4 Å². The van der Waals surface area contributed by atoms with Crippen LogP contribution in [0.1, 0.15) is 90.9 Å². The third kappa shape index (κ3) is 7.47. The van der Waals surface area contributed by atoms with E-state index in [1.54, 1.807) is 77.0 Å². The molecule has 0 aromatic carbocycles. The van der Waals surface area contributed by atoms with E-state index in [9.17, 15) is 0 Å². The van der Waals surface area contributed by atoms with E-state index in [2.05, 4.69) is 0 Å². The van der Waals surface area contributed by atoms with Crippen molar-refractivity contribution in [1.29, 1.82) is 0 Å². The monoisotopic (exact) mass is 478 g/mol. The van der Waals surface area contributed by atoms with Gasteiger partial charge in [0.15, 0.2) is 0 Å². The molecule has 0 amide bonds. The Kier molecular flexibility index (Phi) is 10.6. The van der Waals surface area contributed by atoms with Crippen LogP contribution in [-0.4, -0.2) is 21.6 Å². The number of rotatable bonds is 4. The topological polar surface area (TPSA) is 0 Å². The molecule has 0 saturated heterocycles. The van der Waals surface area contributed by atoms with Gasteiger partial charge in [-0.15, -0.1) is 0 Å². The summed E-state index contributed by atoms with van der Waals surface area (Å²) >= 11 is -1.52. The molecule has 0 atom stereocenters. The van der Waals surface area contributed by atoms with Gasteiger partial charge in [-0.25, -0.2) is 0 Å². The van der Waals surface area contributed by atoms with Crippen LogP contribution in [0.25, 0.3) is 0 Å². The first kappa shape index (κ1) is 21.5. The first-order valence-electron chi connectivity index (χ1n) is 9.82. The molecule has 0 spiro atoms. The second-order valence-electron chi connectivity index (χ2n) is 7.83. The predicted octanol–water partition coefficient (Wildman–Crippen LogP) is 7.98. The summed E-state index contributed by atoms with van der Waals surface area (Å²) in [6, 6.07) is 0. The molecule has 3 rings (SSSR count). The molecule has 0 nitrogen and oxygen atoms in total. The van der Waals surface area contributed by atoms with Crippen molar-refractivity contribution in [3.63, 3.8) is 0 Å². The van der Waals surface area contributed by atoms with Crippen LogP contribution in [0.2, 0.25) is 0 Å². The normalized spacial score (nSPS) is 23.3. The van der Waals surface area contributed by atoms with Gasteiger partial charge in [0.05, 0.1) is 0 Å². The summed E-state index contributed by atoms with van der Waals surface area (Å²) in [5.41, 5.74) is 4.87. The number of allylic oxidation sites excluding steroid dienone is 2. The fourth-order valence-corrected chi connectivity index (χ4v) is 10.7. The summed E-state index contributed by atoms with van der Waals surface area (Å²) in [5.74, 6) is 0. The van der Waals surface area contributed by atoms with Gasteiger partial charge in [-0.1, -0.05) is 46.4 Å². The van der Waals surface area contributed by atoms with Crippen LogP contribution in [-0.2, 0) is 13.5 Å². The fourth-order valence-electron chi connectivity index (χ4n) is 4.66. The van der Waals surface area contributed by atoms with Gasteiger partial charge in [0.1, 0.15) is 0 Å². The predicted molar refractivity (Wildman–Crippen MR) is 111 cm³/mol. The van der Waals surface area contributed by atoms with E-state index in [0.717, 1.165) is 0 Å². The Morgan fingerprint density at radius 1 is 0.750 bits per heavy atom. The molecule has 0 N–H and O–H groups in total. The zero-order valence-corrected chi connectivity index (χ0v) is 19.6. The van der Waals surface area contributed by atoms with Gasteiger partial charge < -0.3 is 0 Å². The van der Waals surface area contributed by atoms with Crippen molar-refractivity contribution >= 4 is 31.9 Å². The molecule has 0 aliphatic heterocycles. The number of hydrogen-bond acceptors (Lipinski definition) is 0. The molecular weight excluding hydrogens is 443 g/mol. The van der Waals surface area contributed by atoms with E-state index in [1.807, 2.05) is 24.5 Å². The van der Waals surface area contributed by atoms with Gasteiger partial charge in [0.2, 0.25) is 0 Å². The van der Waals surface area contributed by atoms with Crippen LogP contribution >= 0.6 is 27.3 Å². The summed E-state index contributed by atoms with van der Waals surface area (Å²) in [6.45, 7) is 4.03. The van der Waals surface area contributed by atoms with Crippen LogP contribution in [0.15, 0.2) is 11.6 Å². The maximum absolute atomic E-state index is 5.53. The van der Waals surface area contributed by atoms with Crippen molar-refractivity contribution in [1.82, 2.24) is 0 Å². The maximum atomic E-state index is 5.53. The third-order valence-electron chi connectivity index (χ3n) is 5.72. The molecule has 3 saturated carbocycles. The minimum absolute atomic E-state index is 0.436. The Bertz CT molecular complexity index is 355. The molecule has 142 valence electrons. The molecule has 0 unspecified atom stereocenters. The molecule has 0 radical (unpaired) electrons. The van der Waals surface area contributed by atoms with Gasteiger partial charge in [-0.3, -0.25) is 0 Å². The third-order valence-corrected chi connectivity index (χ3v) is 11.6. The van der Waals surface area contributed by atoms with Crippen molar-refractivity contribution in [2.45, 2.75) is 108 Å². The molecule has 3 aliphatic rings. The molecular formula is C20H35Cl2PRu. The van der Waals surface area contributed by atoms with Crippen LogP contribution in [0, 0.1) is 0 Å². The minimum atomic E-state index is -1.52. The molecule has 0 heterocycles. The van der Waals surface area contributed by atoms with E-state index >= 15 is 0 Å². The zero-order chi connectivity index (χ0) is 17.4. The van der Waals surface area contributed by atoms with Gasteiger partial charge in [0.25, 0.3) is 0 Å². The first-order chi connectivity index (χ1) is 11.6. The van der Waals surface area contributed by atoms with E-state index in [1.165, 1.54) is 22.6 Å². The average Bonchev–Trinajstić information content (AvgIpc) is 3.30. The molecule has 3 aliphatic carbocycles. The molecule has 3 fully saturated rings. The van der Waals surface area contributed by atoms with E-state index in [0.29, 0.717) is 7.92 Å². The second kappa shape index (κ2) is 11.9. The van der Waals surface area contributed by atoms with Crippen molar-refractivity contribution in [3.05, 3.63) is 11.6 Å². The fraction of sp³-hybridized carbons (Fsp3) is 0.850. The van der Waals surface area contributed by atoms with Crippen molar-refractivity contribution in [2.24, 2.45) is 0 Å². The number of halogens is 2. The summed E-state index contributed by atoms with van der Waals surface area (Å²) in [6.07, 6.45) is 21.0. The van der Waals surface area contributed by atoms with Crippen LogP contribution in [0.3, 0.4) is 0 Å². The second-order valence-corrected chi connectivity index (χ2v) is 16.7. The van der Waals surface area contributed by atoms with Gasteiger partial charge in [-0.2, -0.15) is 0 Å². The molecule has 0 aromatic heterocycles. The summed E-state index contributed by atoms with van der Waals surface area (Å²) in [5, 5.41) is 0. The quantitative estimate of drug-likeness (QED) is 0.284. The van der Waals surface area contributed by atoms with Gasteiger partial charge in [0, 0.05) is 0 Å². The van der Waals surface area contributed by atoms with Crippen LogP contribution in [0.5, 0.6) is 0 Å². The Labute approximate surface area is 164 Å². The van der Waals surface area contributed by atoms with Crippen molar-refractivity contribution < 1.29 is 13.5 Å². The van der Waals surface area contributed by atoms with Gasteiger partial charge in [-0.05, 0) is 55.5 Å². The summed E-state index contributed by atoms with van der Waals surface area (Å²) in [4.78, 5) is 0. The Hall–Kier alpha value is 1.24. The van der Waals surface area contributed by atoms with Gasteiger partial charge >= 0.3 is 63.0 Å². The zero-order valence-electron chi connectivity index (χ0n) is 15.4. The summed E-state index contributed by atoms with van der Waals surface area (Å²) in [7, 11) is 11.5. The standard InChI is InChI=1S/C15H27P.C5H8.2ClH.Ru/c1-2-8-13(7-1)16(14-9-3-4-10-14)15-11-5-6-12-15;1-4-5(2)3;;;/h13-15H,1-12H2;1,4H,2-3H3;2*1H;/q;;;;+2/p-2. The van der Waals surface area contributed by atoms with Crippen molar-refractivity contribution in [2.75, 3.05) is 0 Å². The van der Waals surface area contributed by atoms with Crippen molar-refractivity contribution in [3.8, 4) is 0 Å². The molecule has 24 heavy (non-hydrogen) atoms. The first-order valence-corrected chi connectivity index (χ1v) is 16.8. The van der Waals surface area contributed by atoms with E-state index in [-0.39, 0.29) is 0 Å². The summed E-state index contributed by atoms with van der Waals surface area (Å²) < 4.78 is 1.88. The molecule has 0 bridgehead atoms. The Balaban J connectivity index is 0.000000224. The van der Waals surface area contributed by atoms with Crippen LogP contribution in [0.4, 0.5) is 0 Å².